The van der Waals surface area contributed by atoms with Gasteiger partial charge in [-0.25, -0.2) is 0 Å². The van der Waals surface area contributed by atoms with Crippen LogP contribution in [0.2, 0.25) is 39.3 Å². The van der Waals surface area contributed by atoms with Crippen LogP contribution < -0.4 is 10.4 Å². The molecule has 0 saturated carbocycles. The Morgan fingerprint density at radius 1 is 0.357 bits per heavy atom. The summed E-state index contributed by atoms with van der Waals surface area (Å²) in [7, 11) is -2.57. The van der Waals surface area contributed by atoms with Crippen LogP contribution in [-0.4, -0.2) is 21.1 Å². The maximum Gasteiger partial charge on any atom is 0.0775 e. The molecular formula is C39H39NSi2. The molecule has 42 heavy (non-hydrogen) atoms. The molecular weight excluding hydrogens is 539 g/mol. The monoisotopic (exact) mass is 577 g/mol. The van der Waals surface area contributed by atoms with Gasteiger partial charge in [-0.1, -0.05) is 159 Å². The highest BCUT2D eigenvalue weighted by molar-refractivity contribution is 6.89. The van der Waals surface area contributed by atoms with Crippen LogP contribution in [0.3, 0.4) is 0 Å². The van der Waals surface area contributed by atoms with Gasteiger partial charge < -0.3 is 0 Å². The van der Waals surface area contributed by atoms with Crippen LogP contribution in [0.4, 0.5) is 0 Å². The van der Waals surface area contributed by atoms with Crippen molar-refractivity contribution in [3.8, 4) is 44.5 Å². The van der Waals surface area contributed by atoms with E-state index in [4.69, 9.17) is 4.98 Å². The van der Waals surface area contributed by atoms with Crippen molar-refractivity contribution >= 4 is 37.4 Å². The van der Waals surface area contributed by atoms with Gasteiger partial charge in [-0.15, -0.1) is 0 Å². The lowest BCUT2D eigenvalue weighted by Gasteiger charge is -2.17. The average molecular weight is 578 g/mol. The Hall–Kier alpha value is -4.06. The van der Waals surface area contributed by atoms with Gasteiger partial charge in [0.1, 0.15) is 0 Å². The summed E-state index contributed by atoms with van der Waals surface area (Å²) in [5, 5.41) is 4.14. The van der Waals surface area contributed by atoms with E-state index >= 15 is 0 Å². The van der Waals surface area contributed by atoms with Crippen molar-refractivity contribution in [1.82, 2.24) is 4.98 Å². The summed E-state index contributed by atoms with van der Waals surface area (Å²) in [6.45, 7) is 14.3. The highest BCUT2D eigenvalue weighted by Gasteiger charge is 2.17. The second-order valence-corrected chi connectivity index (χ2v) is 23.6. The molecule has 0 N–H and O–H groups in total. The largest absolute Gasteiger partial charge is 0.256 e. The summed E-state index contributed by atoms with van der Waals surface area (Å²) in [6.07, 6.45) is 2.00. The Morgan fingerprint density at radius 3 is 1.10 bits per heavy atom. The summed E-state index contributed by atoms with van der Waals surface area (Å²) < 4.78 is 0. The number of fused-ring (bicyclic) bond motifs is 1. The third-order valence-corrected chi connectivity index (χ3v) is 12.4. The Balaban J connectivity index is 1.19. The van der Waals surface area contributed by atoms with Gasteiger partial charge in [-0.3, -0.25) is 4.98 Å². The Labute approximate surface area is 253 Å². The van der Waals surface area contributed by atoms with Crippen molar-refractivity contribution in [2.75, 3.05) is 0 Å². The number of benzene rings is 5. The molecule has 0 aliphatic heterocycles. The fourth-order valence-corrected chi connectivity index (χ4v) is 7.83. The fourth-order valence-electron chi connectivity index (χ4n) is 5.49. The predicted octanol–water partition coefficient (Wildman–Crippen LogP) is 9.99. The number of aromatic nitrogens is 1. The minimum absolute atomic E-state index is 1.02. The zero-order chi connectivity index (χ0) is 29.5. The molecule has 0 saturated heterocycles. The minimum atomic E-state index is -1.28. The summed E-state index contributed by atoms with van der Waals surface area (Å²) in [4.78, 5) is 4.86. The summed E-state index contributed by atoms with van der Waals surface area (Å²) in [6, 6.07) is 44.9. The lowest BCUT2D eigenvalue weighted by Crippen LogP contribution is -2.37. The molecule has 0 radical (unpaired) electrons. The first-order valence-corrected chi connectivity index (χ1v) is 21.9. The number of rotatable bonds is 6. The SMILES string of the molecule is C[Si](C)(C)c1ccc(-c2ccc(-c3cnc4cc(-c5ccc(-c6ccc([Si](C)(C)C)cc6)cc5)ccc4c3)cc2)cc1. The van der Waals surface area contributed by atoms with Crippen molar-refractivity contribution in [2.45, 2.75) is 39.3 Å². The first kappa shape index (κ1) is 28.1. The fraction of sp³-hybridized carbons (Fsp3) is 0.154. The Morgan fingerprint density at radius 2 is 0.690 bits per heavy atom. The van der Waals surface area contributed by atoms with E-state index in [0.717, 1.165) is 16.5 Å². The first-order valence-electron chi connectivity index (χ1n) is 14.9. The van der Waals surface area contributed by atoms with Crippen LogP contribution in [0.1, 0.15) is 0 Å². The lowest BCUT2D eigenvalue weighted by atomic mass is 9.98. The van der Waals surface area contributed by atoms with Crippen LogP contribution in [0.15, 0.2) is 128 Å². The van der Waals surface area contributed by atoms with E-state index in [1.807, 2.05) is 6.20 Å². The maximum absolute atomic E-state index is 4.86. The van der Waals surface area contributed by atoms with Gasteiger partial charge in [0.05, 0.1) is 21.7 Å². The van der Waals surface area contributed by atoms with E-state index in [-0.39, 0.29) is 0 Å². The molecule has 0 bridgehead atoms. The summed E-state index contributed by atoms with van der Waals surface area (Å²) in [5.41, 5.74) is 10.8. The topological polar surface area (TPSA) is 12.9 Å². The minimum Gasteiger partial charge on any atom is -0.256 e. The highest BCUT2D eigenvalue weighted by atomic mass is 28.3. The first-order chi connectivity index (χ1) is 20.0. The molecule has 3 heteroatoms. The smallest absolute Gasteiger partial charge is 0.0775 e. The number of hydrogen-bond acceptors (Lipinski definition) is 1. The lowest BCUT2D eigenvalue weighted by molar-refractivity contribution is 1.41. The van der Waals surface area contributed by atoms with Gasteiger partial charge in [0.2, 0.25) is 0 Å². The van der Waals surface area contributed by atoms with E-state index in [2.05, 4.69) is 161 Å². The molecule has 208 valence electrons. The molecule has 1 aromatic heterocycles. The van der Waals surface area contributed by atoms with E-state index in [0.29, 0.717) is 0 Å². The summed E-state index contributed by atoms with van der Waals surface area (Å²) in [5.74, 6) is 0. The number of pyridine rings is 1. The number of hydrogen-bond donors (Lipinski definition) is 0. The van der Waals surface area contributed by atoms with Gasteiger partial charge in [0, 0.05) is 17.1 Å². The Bertz CT molecular complexity index is 1700. The molecule has 1 nitrogen and oxygen atoms in total. The second kappa shape index (κ2) is 11.0. The van der Waals surface area contributed by atoms with Crippen molar-refractivity contribution in [3.63, 3.8) is 0 Å². The predicted molar refractivity (Wildman–Crippen MR) is 189 cm³/mol. The average Bonchev–Trinajstić information content (AvgIpc) is 3.00. The van der Waals surface area contributed by atoms with Gasteiger partial charge in [0.25, 0.3) is 0 Å². The third kappa shape index (κ3) is 5.94. The normalized spacial score (nSPS) is 12.0. The van der Waals surface area contributed by atoms with Crippen LogP contribution in [0.5, 0.6) is 0 Å². The Kier molecular flexibility index (Phi) is 7.34. The summed E-state index contributed by atoms with van der Waals surface area (Å²) >= 11 is 0. The van der Waals surface area contributed by atoms with Gasteiger partial charge in [-0.05, 0) is 51.1 Å². The quantitative estimate of drug-likeness (QED) is 0.180. The van der Waals surface area contributed by atoms with Crippen molar-refractivity contribution in [2.24, 2.45) is 0 Å². The molecule has 6 aromatic rings. The van der Waals surface area contributed by atoms with Gasteiger partial charge in [-0.2, -0.15) is 0 Å². The van der Waals surface area contributed by atoms with Crippen LogP contribution >= 0.6 is 0 Å². The third-order valence-electron chi connectivity index (χ3n) is 8.29. The van der Waals surface area contributed by atoms with Crippen molar-refractivity contribution in [3.05, 3.63) is 128 Å². The number of nitrogens with zero attached hydrogens (tertiary/aromatic N) is 1. The zero-order valence-corrected chi connectivity index (χ0v) is 27.6. The van der Waals surface area contributed by atoms with Crippen LogP contribution in [0, 0.1) is 0 Å². The van der Waals surface area contributed by atoms with Crippen molar-refractivity contribution in [1.29, 1.82) is 0 Å². The van der Waals surface area contributed by atoms with Crippen LogP contribution in [0.25, 0.3) is 55.4 Å². The van der Waals surface area contributed by atoms with E-state index < -0.39 is 16.1 Å². The molecule has 1 heterocycles. The second-order valence-electron chi connectivity index (χ2n) is 13.4. The standard InChI is InChI=1S/C39H39NSi2/c1-41(2,3)37-21-17-30(18-22-37)28-7-11-32(12-8-28)34-15-16-35-25-36(27-40-39(35)26-34)33-13-9-29(10-14-33)31-19-23-38(24-20-31)42(4,5)6/h7-27H,1-6H3. The molecule has 0 aliphatic carbocycles. The molecule has 5 aromatic carbocycles. The molecule has 0 unspecified atom stereocenters. The maximum atomic E-state index is 4.86. The van der Waals surface area contributed by atoms with Gasteiger partial charge in [0.15, 0.2) is 0 Å². The molecule has 0 amide bonds. The highest BCUT2D eigenvalue weighted by Crippen LogP contribution is 2.30. The zero-order valence-electron chi connectivity index (χ0n) is 25.6. The molecule has 0 atom stereocenters. The van der Waals surface area contributed by atoms with E-state index in [9.17, 15) is 0 Å². The molecule has 0 aliphatic rings. The molecule has 0 spiro atoms. The van der Waals surface area contributed by atoms with Crippen LogP contribution in [-0.2, 0) is 0 Å². The molecule has 0 fully saturated rings. The molecule has 6 rings (SSSR count). The van der Waals surface area contributed by atoms with Crippen molar-refractivity contribution < 1.29 is 0 Å². The van der Waals surface area contributed by atoms with E-state index in [1.165, 1.54) is 49.3 Å². The van der Waals surface area contributed by atoms with E-state index in [1.54, 1.807) is 0 Å². The van der Waals surface area contributed by atoms with Gasteiger partial charge >= 0.3 is 0 Å².